The number of carbonyl (C=O) groups excluding carboxylic acids is 1. The van der Waals surface area contributed by atoms with Crippen LogP contribution in [0.2, 0.25) is 5.02 Å². The normalized spacial score (nSPS) is 15.1. The molecule has 2 aromatic heterocycles. The van der Waals surface area contributed by atoms with E-state index < -0.39 is 0 Å². The molecular weight excluding hydrogens is 388 g/mol. The van der Waals surface area contributed by atoms with E-state index in [0.717, 1.165) is 31.0 Å². The minimum absolute atomic E-state index is 0.00831. The molecule has 1 saturated heterocycles. The molecule has 0 aliphatic carbocycles. The van der Waals surface area contributed by atoms with Crippen LogP contribution in [-0.2, 0) is 11.3 Å². The second-order valence-electron chi connectivity index (χ2n) is 7.45. The predicted molar refractivity (Wildman–Crippen MR) is 113 cm³/mol. The van der Waals surface area contributed by atoms with Crippen LogP contribution in [0.4, 0.5) is 0 Å². The number of nitrogens with zero attached hydrogens (tertiary/aromatic N) is 4. The number of imidazole rings is 1. The van der Waals surface area contributed by atoms with E-state index >= 15 is 0 Å². The molecule has 0 unspecified atom stereocenters. The Morgan fingerprint density at radius 2 is 1.90 bits per heavy atom. The summed E-state index contributed by atoms with van der Waals surface area (Å²) in [5, 5.41) is 0.517. The molecule has 0 bridgehead atoms. The molecule has 6 nitrogen and oxygen atoms in total. The highest BCUT2D eigenvalue weighted by atomic mass is 35.5. The number of fused-ring (bicyclic) bond motifs is 1. The molecule has 29 heavy (non-hydrogen) atoms. The number of ether oxygens (including phenoxy) is 1. The van der Waals surface area contributed by atoms with Crippen molar-refractivity contribution in [3.05, 3.63) is 64.6 Å². The van der Waals surface area contributed by atoms with Crippen LogP contribution in [0, 0.1) is 13.8 Å². The van der Waals surface area contributed by atoms with E-state index in [2.05, 4.69) is 46.5 Å². The Morgan fingerprint density at radius 3 is 2.66 bits per heavy atom. The average Bonchev–Trinajstić information content (AvgIpc) is 3.02. The third kappa shape index (κ3) is 4.38. The molecule has 0 saturated carbocycles. The van der Waals surface area contributed by atoms with Crippen LogP contribution in [-0.4, -0.2) is 57.9 Å². The molecule has 0 N–H and O–H groups in total. The van der Waals surface area contributed by atoms with E-state index in [1.807, 2.05) is 17.0 Å². The van der Waals surface area contributed by atoms with E-state index in [4.69, 9.17) is 16.3 Å². The highest BCUT2D eigenvalue weighted by Gasteiger charge is 2.23. The number of piperazine rings is 1. The van der Waals surface area contributed by atoms with Crippen molar-refractivity contribution in [1.82, 2.24) is 19.2 Å². The molecule has 1 amide bonds. The van der Waals surface area contributed by atoms with Gasteiger partial charge in [0.25, 0.3) is 5.91 Å². The summed E-state index contributed by atoms with van der Waals surface area (Å²) in [5.74, 6) is 0.533. The van der Waals surface area contributed by atoms with E-state index in [0.29, 0.717) is 23.9 Å². The number of halogens is 1. The Bertz CT molecular complexity index is 1020. The zero-order valence-corrected chi connectivity index (χ0v) is 17.5. The summed E-state index contributed by atoms with van der Waals surface area (Å²) >= 11 is 6.08. The van der Waals surface area contributed by atoms with Gasteiger partial charge in [-0.2, -0.15) is 0 Å². The largest absolute Gasteiger partial charge is 0.482 e. The third-order valence-electron chi connectivity index (χ3n) is 5.37. The topological polar surface area (TPSA) is 50.1 Å². The molecule has 3 heterocycles. The lowest BCUT2D eigenvalue weighted by Crippen LogP contribution is -2.49. The molecule has 7 heteroatoms. The first-order valence-corrected chi connectivity index (χ1v) is 10.2. The number of pyridine rings is 1. The SMILES string of the molecule is Cc1ccn2c(CN3CCN(C(=O)COc4ccccc4Cl)CC3)c(C)nc2c1. The van der Waals surface area contributed by atoms with E-state index in [1.54, 1.807) is 12.1 Å². The van der Waals surface area contributed by atoms with Crippen LogP contribution in [0.15, 0.2) is 42.6 Å². The van der Waals surface area contributed by atoms with Gasteiger partial charge in [0.2, 0.25) is 0 Å². The van der Waals surface area contributed by atoms with Gasteiger partial charge in [0.1, 0.15) is 11.4 Å². The van der Waals surface area contributed by atoms with Crippen LogP contribution in [0.1, 0.15) is 17.0 Å². The smallest absolute Gasteiger partial charge is 0.260 e. The number of carbonyl (C=O) groups is 1. The fourth-order valence-corrected chi connectivity index (χ4v) is 3.86. The predicted octanol–water partition coefficient (Wildman–Crippen LogP) is 3.33. The standard InChI is InChI=1S/C22H25ClN4O2/c1-16-7-8-27-19(17(2)24-21(27)13-16)14-25-9-11-26(12-10-25)22(28)15-29-20-6-4-3-5-18(20)23/h3-8,13H,9-12,14-15H2,1-2H3. The number of aromatic nitrogens is 2. The zero-order valence-electron chi connectivity index (χ0n) is 16.8. The second-order valence-corrected chi connectivity index (χ2v) is 7.86. The zero-order chi connectivity index (χ0) is 20.4. The highest BCUT2D eigenvalue weighted by molar-refractivity contribution is 6.32. The Kier molecular flexibility index (Phi) is 5.74. The molecule has 1 aromatic carbocycles. The summed E-state index contributed by atoms with van der Waals surface area (Å²) in [5.41, 5.74) is 4.47. The molecule has 1 aliphatic rings. The summed E-state index contributed by atoms with van der Waals surface area (Å²) in [6.45, 7) is 8.02. The maximum atomic E-state index is 12.5. The maximum absolute atomic E-state index is 12.5. The van der Waals surface area contributed by atoms with Crippen molar-refractivity contribution >= 4 is 23.2 Å². The van der Waals surface area contributed by atoms with Gasteiger partial charge in [0, 0.05) is 38.9 Å². The molecule has 0 atom stereocenters. The van der Waals surface area contributed by atoms with Crippen molar-refractivity contribution in [3.8, 4) is 5.75 Å². The van der Waals surface area contributed by atoms with Gasteiger partial charge in [-0.05, 0) is 43.7 Å². The third-order valence-corrected chi connectivity index (χ3v) is 5.68. The second kappa shape index (κ2) is 8.43. The Labute approximate surface area is 175 Å². The van der Waals surface area contributed by atoms with Gasteiger partial charge < -0.3 is 14.0 Å². The summed E-state index contributed by atoms with van der Waals surface area (Å²) in [6, 6.07) is 11.4. The number of para-hydroxylation sites is 1. The van der Waals surface area contributed by atoms with Crippen molar-refractivity contribution in [3.63, 3.8) is 0 Å². The molecule has 1 aliphatic heterocycles. The Hall–Kier alpha value is -2.57. The molecule has 0 radical (unpaired) electrons. The number of hydrogen-bond donors (Lipinski definition) is 0. The molecule has 4 rings (SSSR count). The first kappa shape index (κ1) is 19.7. The first-order chi connectivity index (χ1) is 14.0. The highest BCUT2D eigenvalue weighted by Crippen LogP contribution is 2.23. The van der Waals surface area contributed by atoms with Gasteiger partial charge in [-0.3, -0.25) is 9.69 Å². The van der Waals surface area contributed by atoms with Crippen molar-refractivity contribution in [2.24, 2.45) is 0 Å². The molecule has 0 spiro atoms. The quantitative estimate of drug-likeness (QED) is 0.645. The van der Waals surface area contributed by atoms with Gasteiger partial charge >= 0.3 is 0 Å². The monoisotopic (exact) mass is 412 g/mol. The van der Waals surface area contributed by atoms with Gasteiger partial charge in [-0.1, -0.05) is 23.7 Å². The fourth-order valence-electron chi connectivity index (χ4n) is 3.67. The molecular formula is C22H25ClN4O2. The Morgan fingerprint density at radius 1 is 1.14 bits per heavy atom. The lowest BCUT2D eigenvalue weighted by atomic mass is 10.2. The van der Waals surface area contributed by atoms with Crippen LogP contribution in [0.25, 0.3) is 5.65 Å². The van der Waals surface area contributed by atoms with Crippen LogP contribution < -0.4 is 4.74 Å². The van der Waals surface area contributed by atoms with Crippen molar-refractivity contribution < 1.29 is 9.53 Å². The number of aryl methyl sites for hydroxylation is 2. The molecule has 152 valence electrons. The number of amides is 1. The average molecular weight is 413 g/mol. The number of rotatable bonds is 5. The van der Waals surface area contributed by atoms with Crippen molar-refractivity contribution in [1.29, 1.82) is 0 Å². The lowest BCUT2D eigenvalue weighted by Gasteiger charge is -2.34. The van der Waals surface area contributed by atoms with Gasteiger partial charge in [0.15, 0.2) is 6.61 Å². The van der Waals surface area contributed by atoms with Gasteiger partial charge in [-0.15, -0.1) is 0 Å². The first-order valence-electron chi connectivity index (χ1n) is 9.83. The van der Waals surface area contributed by atoms with E-state index in [1.165, 1.54) is 11.3 Å². The Balaban J connectivity index is 1.32. The summed E-state index contributed by atoms with van der Waals surface area (Å²) < 4.78 is 7.75. The van der Waals surface area contributed by atoms with Crippen LogP contribution in [0.5, 0.6) is 5.75 Å². The van der Waals surface area contributed by atoms with Crippen molar-refractivity contribution in [2.75, 3.05) is 32.8 Å². The number of benzene rings is 1. The molecule has 3 aromatic rings. The lowest BCUT2D eigenvalue weighted by molar-refractivity contribution is -0.135. The van der Waals surface area contributed by atoms with Gasteiger partial charge in [0.05, 0.1) is 16.4 Å². The van der Waals surface area contributed by atoms with Crippen LogP contribution in [0.3, 0.4) is 0 Å². The minimum Gasteiger partial charge on any atom is -0.482 e. The fraction of sp³-hybridized carbons (Fsp3) is 0.364. The summed E-state index contributed by atoms with van der Waals surface area (Å²) in [7, 11) is 0. The molecule has 1 fully saturated rings. The van der Waals surface area contributed by atoms with Crippen molar-refractivity contribution in [2.45, 2.75) is 20.4 Å². The summed E-state index contributed by atoms with van der Waals surface area (Å²) in [4.78, 5) is 21.4. The van der Waals surface area contributed by atoms with Crippen LogP contribution >= 0.6 is 11.6 Å². The van der Waals surface area contributed by atoms with E-state index in [-0.39, 0.29) is 12.5 Å². The number of hydrogen-bond acceptors (Lipinski definition) is 4. The minimum atomic E-state index is -0.00831. The van der Waals surface area contributed by atoms with Gasteiger partial charge in [-0.25, -0.2) is 4.98 Å². The van der Waals surface area contributed by atoms with E-state index in [9.17, 15) is 4.79 Å². The summed E-state index contributed by atoms with van der Waals surface area (Å²) in [6.07, 6.45) is 2.09. The maximum Gasteiger partial charge on any atom is 0.260 e.